The number of halogens is 1. The summed E-state index contributed by atoms with van der Waals surface area (Å²) in [4.78, 5) is 31.0. The molecule has 0 aliphatic heterocycles. The van der Waals surface area contributed by atoms with Crippen molar-refractivity contribution >= 4 is 44.7 Å². The first-order chi connectivity index (χ1) is 11.9. The van der Waals surface area contributed by atoms with Gasteiger partial charge in [0.05, 0.1) is 11.7 Å². The van der Waals surface area contributed by atoms with Gasteiger partial charge in [-0.2, -0.15) is 0 Å². The van der Waals surface area contributed by atoms with Crippen molar-refractivity contribution in [1.29, 1.82) is 0 Å². The van der Waals surface area contributed by atoms with Gasteiger partial charge in [-0.1, -0.05) is 17.7 Å². The molecule has 2 aromatic heterocycles. The van der Waals surface area contributed by atoms with Crippen LogP contribution in [0.3, 0.4) is 0 Å². The molecule has 25 heavy (non-hydrogen) atoms. The normalized spacial score (nSPS) is 11.0. The molecule has 1 aromatic carbocycles. The lowest BCUT2D eigenvalue weighted by Crippen LogP contribution is -2.23. The SMILES string of the molecule is Cc1ccc(Cl)cc1NC(=O)CCn1cnc2sc(C)c(C)c2c1=O. The van der Waals surface area contributed by atoms with E-state index < -0.39 is 0 Å². The highest BCUT2D eigenvalue weighted by atomic mass is 35.5. The van der Waals surface area contributed by atoms with Gasteiger partial charge in [0.15, 0.2) is 0 Å². The quantitative estimate of drug-likeness (QED) is 0.747. The van der Waals surface area contributed by atoms with Crippen molar-refractivity contribution in [2.45, 2.75) is 33.7 Å². The van der Waals surface area contributed by atoms with Gasteiger partial charge < -0.3 is 5.32 Å². The zero-order valence-electron chi connectivity index (χ0n) is 14.2. The van der Waals surface area contributed by atoms with Crippen molar-refractivity contribution in [3.8, 4) is 0 Å². The predicted molar refractivity (Wildman–Crippen MR) is 103 cm³/mol. The fraction of sp³-hybridized carbons (Fsp3) is 0.278. The van der Waals surface area contributed by atoms with Gasteiger partial charge in [-0.05, 0) is 44.0 Å². The molecule has 0 radical (unpaired) electrons. The van der Waals surface area contributed by atoms with Gasteiger partial charge in [-0.25, -0.2) is 4.98 Å². The predicted octanol–water partition coefficient (Wildman–Crippen LogP) is 4.07. The van der Waals surface area contributed by atoms with E-state index in [-0.39, 0.29) is 24.4 Å². The Morgan fingerprint density at radius 1 is 1.32 bits per heavy atom. The van der Waals surface area contributed by atoms with Crippen LogP contribution in [0.1, 0.15) is 22.4 Å². The molecule has 0 fully saturated rings. The second kappa shape index (κ2) is 6.98. The molecular weight excluding hydrogens is 358 g/mol. The molecule has 7 heteroatoms. The molecule has 0 atom stereocenters. The smallest absolute Gasteiger partial charge is 0.262 e. The highest BCUT2D eigenvalue weighted by Gasteiger charge is 2.13. The van der Waals surface area contributed by atoms with Crippen LogP contribution in [0.4, 0.5) is 5.69 Å². The number of nitrogens with one attached hydrogen (secondary N) is 1. The lowest BCUT2D eigenvalue weighted by atomic mass is 10.2. The van der Waals surface area contributed by atoms with Crippen LogP contribution in [-0.4, -0.2) is 15.5 Å². The van der Waals surface area contributed by atoms with Crippen LogP contribution in [0.5, 0.6) is 0 Å². The average molecular weight is 376 g/mol. The van der Waals surface area contributed by atoms with Crippen molar-refractivity contribution < 1.29 is 4.79 Å². The molecule has 3 aromatic rings. The molecule has 1 N–H and O–H groups in total. The average Bonchev–Trinajstić information content (AvgIpc) is 2.85. The van der Waals surface area contributed by atoms with E-state index in [0.29, 0.717) is 16.1 Å². The summed E-state index contributed by atoms with van der Waals surface area (Å²) < 4.78 is 1.49. The standard InChI is InChI=1S/C18H18ClN3O2S/c1-10-4-5-13(19)8-14(10)21-15(23)6-7-22-9-20-17-16(18(22)24)11(2)12(3)25-17/h4-5,8-9H,6-7H2,1-3H3,(H,21,23). The maximum Gasteiger partial charge on any atom is 0.262 e. The largest absolute Gasteiger partial charge is 0.326 e. The fourth-order valence-corrected chi connectivity index (χ4v) is 3.75. The summed E-state index contributed by atoms with van der Waals surface area (Å²) in [6.07, 6.45) is 1.69. The summed E-state index contributed by atoms with van der Waals surface area (Å²) in [5.41, 5.74) is 2.48. The second-order valence-electron chi connectivity index (χ2n) is 5.96. The fourth-order valence-electron chi connectivity index (χ4n) is 2.59. The maximum absolute atomic E-state index is 12.6. The summed E-state index contributed by atoms with van der Waals surface area (Å²) in [7, 11) is 0. The number of benzene rings is 1. The van der Waals surface area contributed by atoms with E-state index in [4.69, 9.17) is 11.6 Å². The van der Waals surface area contributed by atoms with Crippen LogP contribution in [0.15, 0.2) is 29.3 Å². The Morgan fingerprint density at radius 3 is 2.84 bits per heavy atom. The van der Waals surface area contributed by atoms with Crippen LogP contribution in [0, 0.1) is 20.8 Å². The van der Waals surface area contributed by atoms with E-state index in [0.717, 1.165) is 20.8 Å². The van der Waals surface area contributed by atoms with Crippen LogP contribution >= 0.6 is 22.9 Å². The van der Waals surface area contributed by atoms with Crippen LogP contribution in [0.2, 0.25) is 5.02 Å². The first-order valence-electron chi connectivity index (χ1n) is 7.88. The van der Waals surface area contributed by atoms with Gasteiger partial charge in [0.1, 0.15) is 4.83 Å². The zero-order chi connectivity index (χ0) is 18.1. The van der Waals surface area contributed by atoms with E-state index in [2.05, 4.69) is 10.3 Å². The Labute approximate surface area is 154 Å². The van der Waals surface area contributed by atoms with Gasteiger partial charge in [0.25, 0.3) is 5.56 Å². The van der Waals surface area contributed by atoms with E-state index in [1.165, 1.54) is 22.2 Å². The number of aromatic nitrogens is 2. The van der Waals surface area contributed by atoms with Crippen molar-refractivity contribution in [1.82, 2.24) is 9.55 Å². The lowest BCUT2D eigenvalue weighted by Gasteiger charge is -2.09. The molecule has 0 spiro atoms. The Kier molecular flexibility index (Phi) is 4.92. The van der Waals surface area contributed by atoms with Crippen LogP contribution < -0.4 is 10.9 Å². The number of hydrogen-bond donors (Lipinski definition) is 1. The number of nitrogens with zero attached hydrogens (tertiary/aromatic N) is 2. The first-order valence-corrected chi connectivity index (χ1v) is 9.07. The summed E-state index contributed by atoms with van der Waals surface area (Å²) in [5, 5.41) is 4.05. The Bertz CT molecular complexity index is 1020. The lowest BCUT2D eigenvalue weighted by molar-refractivity contribution is -0.116. The third-order valence-corrected chi connectivity index (χ3v) is 5.56. The summed E-state index contributed by atoms with van der Waals surface area (Å²) in [5.74, 6) is -0.171. The van der Waals surface area contributed by atoms with E-state index in [9.17, 15) is 9.59 Å². The molecule has 3 rings (SSSR count). The molecule has 0 bridgehead atoms. The van der Waals surface area contributed by atoms with Crippen molar-refractivity contribution in [2.24, 2.45) is 0 Å². The minimum atomic E-state index is -0.171. The number of carbonyl (C=O) groups excluding carboxylic acids is 1. The Balaban J connectivity index is 1.75. The maximum atomic E-state index is 12.6. The monoisotopic (exact) mass is 375 g/mol. The number of rotatable bonds is 4. The Morgan fingerprint density at radius 2 is 2.08 bits per heavy atom. The molecule has 0 aliphatic carbocycles. The van der Waals surface area contributed by atoms with Crippen molar-refractivity contribution in [2.75, 3.05) is 5.32 Å². The van der Waals surface area contributed by atoms with Gasteiger partial charge >= 0.3 is 0 Å². The first kappa shape index (κ1) is 17.6. The molecular formula is C18H18ClN3O2S. The number of hydrogen-bond acceptors (Lipinski definition) is 4. The van der Waals surface area contributed by atoms with E-state index in [1.807, 2.05) is 26.8 Å². The molecule has 5 nitrogen and oxygen atoms in total. The van der Waals surface area contributed by atoms with Gasteiger partial charge in [-0.15, -0.1) is 11.3 Å². The van der Waals surface area contributed by atoms with E-state index >= 15 is 0 Å². The van der Waals surface area contributed by atoms with Crippen LogP contribution in [0.25, 0.3) is 10.2 Å². The summed E-state index contributed by atoms with van der Waals surface area (Å²) >= 11 is 7.48. The van der Waals surface area contributed by atoms with Gasteiger partial charge in [-0.3, -0.25) is 14.2 Å². The molecule has 2 heterocycles. The number of fused-ring (bicyclic) bond motifs is 1. The minimum absolute atomic E-state index is 0.0985. The number of anilines is 1. The zero-order valence-corrected chi connectivity index (χ0v) is 15.8. The summed E-state index contributed by atoms with van der Waals surface area (Å²) in [6, 6.07) is 5.34. The highest BCUT2D eigenvalue weighted by Crippen LogP contribution is 2.25. The van der Waals surface area contributed by atoms with Gasteiger partial charge in [0, 0.05) is 28.6 Å². The molecule has 0 unspecified atom stereocenters. The number of aryl methyl sites for hydroxylation is 4. The third kappa shape index (κ3) is 3.60. The van der Waals surface area contributed by atoms with Crippen molar-refractivity contribution in [3.05, 3.63) is 55.9 Å². The van der Waals surface area contributed by atoms with Crippen molar-refractivity contribution in [3.63, 3.8) is 0 Å². The molecule has 0 saturated carbocycles. The highest BCUT2D eigenvalue weighted by molar-refractivity contribution is 7.18. The third-order valence-electron chi connectivity index (χ3n) is 4.21. The Hall–Kier alpha value is -2.18. The molecule has 0 aliphatic rings. The summed E-state index contributed by atoms with van der Waals surface area (Å²) in [6.45, 7) is 6.08. The number of thiophene rings is 1. The van der Waals surface area contributed by atoms with Crippen LogP contribution in [-0.2, 0) is 11.3 Å². The topological polar surface area (TPSA) is 64.0 Å². The molecule has 0 saturated heterocycles. The number of amides is 1. The number of carbonyl (C=O) groups is 1. The minimum Gasteiger partial charge on any atom is -0.326 e. The van der Waals surface area contributed by atoms with E-state index in [1.54, 1.807) is 12.1 Å². The van der Waals surface area contributed by atoms with Gasteiger partial charge in [0.2, 0.25) is 5.91 Å². The molecule has 1 amide bonds. The second-order valence-corrected chi connectivity index (χ2v) is 7.60. The molecule has 130 valence electrons.